The van der Waals surface area contributed by atoms with Crippen LogP contribution in [0.25, 0.3) is 0 Å². The van der Waals surface area contributed by atoms with E-state index in [1.807, 2.05) is 19.9 Å². The van der Waals surface area contributed by atoms with Gasteiger partial charge in [0.05, 0.1) is 5.69 Å². The average molecular weight is 178 g/mol. The van der Waals surface area contributed by atoms with Gasteiger partial charge in [-0.05, 0) is 32.8 Å². The lowest BCUT2D eigenvalue weighted by atomic mass is 10.2. The lowest BCUT2D eigenvalue weighted by Gasteiger charge is -2.01. The van der Waals surface area contributed by atoms with Crippen LogP contribution in [0.5, 0.6) is 0 Å². The standard InChI is InChI=1S/C10H14N2O/c1-7-5-8(2)12(11-7)6-10(13)9-3-4-9/h5,9H,3-4,6H2,1-2H3. The van der Waals surface area contributed by atoms with Crippen molar-refractivity contribution in [3.8, 4) is 0 Å². The Morgan fingerprint density at radius 2 is 2.31 bits per heavy atom. The number of carbonyl (C=O) groups is 1. The van der Waals surface area contributed by atoms with E-state index in [1.165, 1.54) is 0 Å². The molecule has 1 fully saturated rings. The second-order valence-electron chi connectivity index (χ2n) is 3.83. The van der Waals surface area contributed by atoms with E-state index in [0.717, 1.165) is 24.2 Å². The molecule has 1 aliphatic rings. The Bertz CT molecular complexity index is 337. The van der Waals surface area contributed by atoms with Crippen molar-refractivity contribution in [2.45, 2.75) is 33.2 Å². The minimum Gasteiger partial charge on any atom is -0.297 e. The molecule has 70 valence electrons. The molecule has 1 aromatic rings. The lowest BCUT2D eigenvalue weighted by molar-refractivity contribution is -0.121. The zero-order valence-electron chi connectivity index (χ0n) is 8.08. The van der Waals surface area contributed by atoms with Crippen molar-refractivity contribution in [1.29, 1.82) is 0 Å². The molecule has 0 N–H and O–H groups in total. The molecule has 0 bridgehead atoms. The Kier molecular flexibility index (Phi) is 1.94. The number of hydrogen-bond donors (Lipinski definition) is 0. The van der Waals surface area contributed by atoms with Crippen molar-refractivity contribution in [3.05, 3.63) is 17.5 Å². The van der Waals surface area contributed by atoms with Gasteiger partial charge in [0.25, 0.3) is 0 Å². The highest BCUT2D eigenvalue weighted by atomic mass is 16.1. The number of carbonyl (C=O) groups excluding carboxylic acids is 1. The fourth-order valence-electron chi connectivity index (χ4n) is 1.52. The summed E-state index contributed by atoms with van der Waals surface area (Å²) in [5.41, 5.74) is 2.06. The third kappa shape index (κ3) is 1.79. The molecular formula is C10H14N2O. The zero-order chi connectivity index (χ0) is 9.42. The Hall–Kier alpha value is -1.12. The molecule has 1 saturated carbocycles. The number of Topliss-reactive ketones (excluding diaryl/α,β-unsaturated/α-hetero) is 1. The third-order valence-electron chi connectivity index (χ3n) is 2.44. The molecule has 3 nitrogen and oxygen atoms in total. The molecule has 3 heteroatoms. The van der Waals surface area contributed by atoms with Crippen LogP contribution in [0, 0.1) is 19.8 Å². The maximum Gasteiger partial charge on any atom is 0.157 e. The summed E-state index contributed by atoms with van der Waals surface area (Å²) < 4.78 is 1.80. The van der Waals surface area contributed by atoms with Crippen molar-refractivity contribution < 1.29 is 4.79 Å². The van der Waals surface area contributed by atoms with Gasteiger partial charge in [-0.25, -0.2) is 0 Å². The van der Waals surface area contributed by atoms with Crippen molar-refractivity contribution in [2.75, 3.05) is 0 Å². The fraction of sp³-hybridized carbons (Fsp3) is 0.600. The van der Waals surface area contributed by atoms with Gasteiger partial charge in [-0.1, -0.05) is 0 Å². The molecule has 0 aromatic carbocycles. The van der Waals surface area contributed by atoms with Crippen molar-refractivity contribution in [3.63, 3.8) is 0 Å². The molecule has 13 heavy (non-hydrogen) atoms. The van der Waals surface area contributed by atoms with Gasteiger partial charge in [0, 0.05) is 11.6 Å². The molecule has 1 aromatic heterocycles. The average Bonchev–Trinajstić information content (AvgIpc) is 2.81. The van der Waals surface area contributed by atoms with E-state index in [1.54, 1.807) is 4.68 Å². The molecular weight excluding hydrogens is 164 g/mol. The maximum absolute atomic E-state index is 11.5. The number of ketones is 1. The first-order valence-electron chi connectivity index (χ1n) is 4.70. The molecule has 0 amide bonds. The molecule has 0 saturated heterocycles. The topological polar surface area (TPSA) is 34.9 Å². The summed E-state index contributed by atoms with van der Waals surface area (Å²) in [7, 11) is 0. The molecule has 1 aliphatic carbocycles. The van der Waals surface area contributed by atoms with E-state index < -0.39 is 0 Å². The monoisotopic (exact) mass is 178 g/mol. The summed E-state index contributed by atoms with van der Waals surface area (Å²) in [6.45, 7) is 4.40. The van der Waals surface area contributed by atoms with Crippen LogP contribution in [-0.4, -0.2) is 15.6 Å². The van der Waals surface area contributed by atoms with Crippen LogP contribution in [0.1, 0.15) is 24.2 Å². The van der Waals surface area contributed by atoms with E-state index >= 15 is 0 Å². The number of nitrogens with zero attached hydrogens (tertiary/aromatic N) is 2. The van der Waals surface area contributed by atoms with E-state index in [2.05, 4.69) is 5.10 Å². The summed E-state index contributed by atoms with van der Waals surface area (Å²) in [5, 5.41) is 4.26. The van der Waals surface area contributed by atoms with Crippen molar-refractivity contribution in [2.24, 2.45) is 5.92 Å². The van der Waals surface area contributed by atoms with Crippen LogP contribution in [0.4, 0.5) is 0 Å². The summed E-state index contributed by atoms with van der Waals surface area (Å²) in [6.07, 6.45) is 2.16. The lowest BCUT2D eigenvalue weighted by Crippen LogP contribution is -2.14. The van der Waals surface area contributed by atoms with Gasteiger partial charge in [-0.2, -0.15) is 5.10 Å². The highest BCUT2D eigenvalue weighted by Gasteiger charge is 2.29. The van der Waals surface area contributed by atoms with E-state index in [0.29, 0.717) is 18.2 Å². The fourth-order valence-corrected chi connectivity index (χ4v) is 1.52. The van der Waals surface area contributed by atoms with Gasteiger partial charge >= 0.3 is 0 Å². The minimum absolute atomic E-state index is 0.337. The number of aryl methyl sites for hydroxylation is 2. The third-order valence-corrected chi connectivity index (χ3v) is 2.44. The molecule has 1 heterocycles. The van der Waals surface area contributed by atoms with E-state index in [-0.39, 0.29) is 0 Å². The van der Waals surface area contributed by atoms with Crippen LogP contribution in [-0.2, 0) is 11.3 Å². The van der Waals surface area contributed by atoms with Gasteiger partial charge in [0.2, 0.25) is 0 Å². The number of rotatable bonds is 3. The molecule has 0 radical (unpaired) electrons. The Morgan fingerprint density at radius 3 is 2.77 bits per heavy atom. The van der Waals surface area contributed by atoms with E-state index in [9.17, 15) is 4.79 Å². The van der Waals surface area contributed by atoms with Crippen LogP contribution in [0.2, 0.25) is 0 Å². The molecule has 0 unspecified atom stereocenters. The molecule has 0 spiro atoms. The van der Waals surface area contributed by atoms with Gasteiger partial charge in [-0.15, -0.1) is 0 Å². The van der Waals surface area contributed by atoms with Crippen molar-refractivity contribution >= 4 is 5.78 Å². The molecule has 0 atom stereocenters. The quantitative estimate of drug-likeness (QED) is 0.702. The van der Waals surface area contributed by atoms with Gasteiger partial charge in [0.15, 0.2) is 5.78 Å². The maximum atomic E-state index is 11.5. The highest BCUT2D eigenvalue weighted by Crippen LogP contribution is 2.30. The highest BCUT2D eigenvalue weighted by molar-refractivity contribution is 5.82. The molecule has 2 rings (SSSR count). The first-order valence-corrected chi connectivity index (χ1v) is 4.70. The summed E-state index contributed by atoms with van der Waals surface area (Å²) in [6, 6.07) is 2.00. The Morgan fingerprint density at radius 1 is 1.62 bits per heavy atom. The summed E-state index contributed by atoms with van der Waals surface area (Å²) in [5.74, 6) is 0.676. The number of hydrogen-bond acceptors (Lipinski definition) is 2. The summed E-state index contributed by atoms with van der Waals surface area (Å²) >= 11 is 0. The normalized spacial score (nSPS) is 16.2. The van der Waals surface area contributed by atoms with Gasteiger partial charge in [-0.3, -0.25) is 9.48 Å². The first kappa shape index (κ1) is 8.48. The van der Waals surface area contributed by atoms with Crippen LogP contribution in [0.3, 0.4) is 0 Å². The van der Waals surface area contributed by atoms with E-state index in [4.69, 9.17) is 0 Å². The first-order chi connectivity index (χ1) is 6.16. The minimum atomic E-state index is 0.337. The summed E-state index contributed by atoms with van der Waals surface area (Å²) in [4.78, 5) is 11.5. The smallest absolute Gasteiger partial charge is 0.157 e. The Labute approximate surface area is 77.7 Å². The Balaban J connectivity index is 2.07. The van der Waals surface area contributed by atoms with Gasteiger partial charge in [0.1, 0.15) is 6.54 Å². The second kappa shape index (κ2) is 2.98. The largest absolute Gasteiger partial charge is 0.297 e. The number of aromatic nitrogens is 2. The van der Waals surface area contributed by atoms with Crippen LogP contribution >= 0.6 is 0 Å². The van der Waals surface area contributed by atoms with Crippen molar-refractivity contribution in [1.82, 2.24) is 9.78 Å². The predicted octanol–water partition coefficient (Wildman–Crippen LogP) is 1.48. The predicted molar refractivity (Wildman–Crippen MR) is 49.4 cm³/mol. The second-order valence-corrected chi connectivity index (χ2v) is 3.83. The SMILES string of the molecule is Cc1cc(C)n(CC(=O)C2CC2)n1. The zero-order valence-corrected chi connectivity index (χ0v) is 8.08. The molecule has 0 aliphatic heterocycles. The van der Waals surface area contributed by atoms with Crippen LogP contribution < -0.4 is 0 Å². The van der Waals surface area contributed by atoms with Gasteiger partial charge < -0.3 is 0 Å². The van der Waals surface area contributed by atoms with Crippen LogP contribution in [0.15, 0.2) is 6.07 Å².